The van der Waals surface area contributed by atoms with Gasteiger partial charge in [0.1, 0.15) is 16.5 Å². The molecule has 166 valence electrons. The van der Waals surface area contributed by atoms with Gasteiger partial charge in [-0.3, -0.25) is 9.59 Å². The van der Waals surface area contributed by atoms with Gasteiger partial charge in [0.2, 0.25) is 21.8 Å². The molecule has 0 atom stereocenters. The Hall–Kier alpha value is -2.85. The second kappa shape index (κ2) is 9.52. The van der Waals surface area contributed by atoms with Crippen molar-refractivity contribution in [1.29, 1.82) is 0 Å². The normalized spacial score (nSPS) is 15.5. The Balaban J connectivity index is 1.52. The van der Waals surface area contributed by atoms with Crippen molar-refractivity contribution in [2.24, 2.45) is 11.7 Å². The molecule has 31 heavy (non-hydrogen) atoms. The Bertz CT molecular complexity index is 1080. The molecule has 3 rings (SSSR count). The topological polar surface area (TPSA) is 110 Å². The van der Waals surface area contributed by atoms with Crippen LogP contribution in [0.25, 0.3) is 0 Å². The highest BCUT2D eigenvalue weighted by Gasteiger charge is 2.33. The third kappa shape index (κ3) is 5.45. The largest absolute Gasteiger partial charge is 0.366 e. The lowest BCUT2D eigenvalue weighted by atomic mass is 9.97. The molecule has 0 bridgehead atoms. The van der Waals surface area contributed by atoms with Crippen molar-refractivity contribution in [3.05, 3.63) is 65.2 Å². The summed E-state index contributed by atoms with van der Waals surface area (Å²) in [5, 5.41) is 2.82. The number of sulfonamides is 1. The van der Waals surface area contributed by atoms with Crippen LogP contribution in [0, 0.1) is 17.6 Å². The van der Waals surface area contributed by atoms with Crippen LogP contribution in [0.4, 0.5) is 8.78 Å². The van der Waals surface area contributed by atoms with Crippen molar-refractivity contribution in [2.75, 3.05) is 19.6 Å². The van der Waals surface area contributed by atoms with Gasteiger partial charge in [-0.25, -0.2) is 17.2 Å². The van der Waals surface area contributed by atoms with E-state index in [1.165, 1.54) is 0 Å². The first kappa shape index (κ1) is 22.8. The summed E-state index contributed by atoms with van der Waals surface area (Å²) in [7, 11) is -4.18. The van der Waals surface area contributed by atoms with E-state index in [4.69, 9.17) is 5.73 Å². The zero-order valence-electron chi connectivity index (χ0n) is 16.7. The molecule has 0 spiro atoms. The molecule has 2 aromatic rings. The first-order valence-electron chi connectivity index (χ1n) is 9.80. The Morgan fingerprint density at radius 3 is 2.48 bits per heavy atom. The molecule has 10 heteroatoms. The number of amides is 2. The minimum absolute atomic E-state index is 0.0387. The number of rotatable bonds is 7. The highest BCUT2D eigenvalue weighted by molar-refractivity contribution is 7.89. The fraction of sp³-hybridized carbons (Fsp3) is 0.333. The van der Waals surface area contributed by atoms with Crippen LogP contribution in [0.3, 0.4) is 0 Å². The maximum absolute atomic E-state index is 13.9. The number of piperidine rings is 1. The van der Waals surface area contributed by atoms with E-state index >= 15 is 0 Å². The van der Waals surface area contributed by atoms with E-state index in [1.54, 1.807) is 18.2 Å². The molecule has 2 aromatic carbocycles. The molecule has 1 fully saturated rings. The summed E-state index contributed by atoms with van der Waals surface area (Å²) in [6.45, 7) is 0.433. The molecular formula is C21H23F2N3O4S. The maximum Gasteiger partial charge on any atom is 0.248 e. The van der Waals surface area contributed by atoms with E-state index in [9.17, 15) is 26.8 Å². The van der Waals surface area contributed by atoms with Gasteiger partial charge < -0.3 is 11.1 Å². The minimum atomic E-state index is -4.18. The van der Waals surface area contributed by atoms with E-state index in [2.05, 4.69) is 5.32 Å². The second-order valence-corrected chi connectivity index (χ2v) is 9.27. The molecule has 1 saturated heterocycles. The van der Waals surface area contributed by atoms with E-state index in [0.29, 0.717) is 24.6 Å². The lowest BCUT2D eigenvalue weighted by Gasteiger charge is -2.30. The molecule has 3 N–H and O–H groups in total. The fourth-order valence-corrected chi connectivity index (χ4v) is 5.07. The molecule has 7 nitrogen and oxygen atoms in total. The molecule has 0 saturated carbocycles. The smallest absolute Gasteiger partial charge is 0.248 e. The summed E-state index contributed by atoms with van der Waals surface area (Å²) in [4.78, 5) is 23.0. The van der Waals surface area contributed by atoms with Crippen molar-refractivity contribution in [1.82, 2.24) is 9.62 Å². The van der Waals surface area contributed by atoms with Gasteiger partial charge in [-0.15, -0.1) is 0 Å². The predicted molar refractivity (Wildman–Crippen MR) is 110 cm³/mol. The van der Waals surface area contributed by atoms with Gasteiger partial charge in [0, 0.05) is 31.1 Å². The van der Waals surface area contributed by atoms with Gasteiger partial charge in [0.05, 0.1) is 0 Å². The monoisotopic (exact) mass is 451 g/mol. The van der Waals surface area contributed by atoms with Gasteiger partial charge in [-0.1, -0.05) is 12.1 Å². The quantitative estimate of drug-likeness (QED) is 0.669. The zero-order valence-corrected chi connectivity index (χ0v) is 17.5. The zero-order chi connectivity index (χ0) is 22.6. The first-order valence-corrected chi connectivity index (χ1v) is 11.2. The van der Waals surface area contributed by atoms with Crippen LogP contribution in [-0.4, -0.2) is 44.2 Å². The van der Waals surface area contributed by atoms with Crippen molar-refractivity contribution in [2.45, 2.75) is 24.2 Å². The van der Waals surface area contributed by atoms with Crippen LogP contribution in [0.1, 0.15) is 28.8 Å². The van der Waals surface area contributed by atoms with E-state index in [-0.39, 0.29) is 37.8 Å². The number of hydrogen-bond acceptors (Lipinski definition) is 4. The summed E-state index contributed by atoms with van der Waals surface area (Å²) in [5.74, 6) is -2.94. The Morgan fingerprint density at radius 1 is 1.10 bits per heavy atom. The van der Waals surface area contributed by atoms with Crippen LogP contribution >= 0.6 is 0 Å². The third-order valence-electron chi connectivity index (χ3n) is 5.26. The van der Waals surface area contributed by atoms with Crippen LogP contribution in [0.2, 0.25) is 0 Å². The third-order valence-corrected chi connectivity index (χ3v) is 7.17. The van der Waals surface area contributed by atoms with Crippen molar-refractivity contribution in [3.63, 3.8) is 0 Å². The molecule has 2 amide bonds. The summed E-state index contributed by atoms with van der Waals surface area (Å²) >= 11 is 0. The standard InChI is InChI=1S/C21H23F2N3O4S/c22-17-4-5-18(23)19(13-17)31(29,30)26-10-7-15(8-11-26)21(28)25-9-6-14-2-1-3-16(12-14)20(24)27/h1-5,12-13,15H,6-11H2,(H2,24,27)(H,25,28). The van der Waals surface area contributed by atoms with Crippen molar-refractivity contribution in [3.8, 4) is 0 Å². The number of halogens is 2. The van der Waals surface area contributed by atoms with Crippen LogP contribution in [-0.2, 0) is 21.2 Å². The number of hydrogen-bond donors (Lipinski definition) is 2. The average Bonchev–Trinajstić information content (AvgIpc) is 2.75. The van der Waals surface area contributed by atoms with Gasteiger partial charge >= 0.3 is 0 Å². The van der Waals surface area contributed by atoms with E-state index < -0.39 is 32.5 Å². The maximum atomic E-state index is 13.9. The number of primary amides is 1. The van der Waals surface area contributed by atoms with Gasteiger partial charge in [0.25, 0.3) is 0 Å². The lowest BCUT2D eigenvalue weighted by molar-refractivity contribution is -0.126. The first-order chi connectivity index (χ1) is 14.7. The number of benzene rings is 2. The molecule has 1 aliphatic rings. The minimum Gasteiger partial charge on any atom is -0.366 e. The number of carbonyl (C=O) groups excluding carboxylic acids is 2. The summed E-state index contributed by atoms with van der Waals surface area (Å²) < 4.78 is 53.6. The average molecular weight is 451 g/mol. The Kier molecular flexibility index (Phi) is 7.01. The van der Waals surface area contributed by atoms with Crippen LogP contribution < -0.4 is 11.1 Å². The molecule has 0 aliphatic carbocycles. The summed E-state index contributed by atoms with van der Waals surface area (Å²) in [6.07, 6.45) is 1.07. The number of nitrogens with one attached hydrogen (secondary N) is 1. The number of carbonyl (C=O) groups is 2. The Morgan fingerprint density at radius 2 is 1.81 bits per heavy atom. The number of nitrogens with zero attached hydrogens (tertiary/aromatic N) is 1. The second-order valence-electron chi connectivity index (χ2n) is 7.36. The predicted octanol–water partition coefficient (Wildman–Crippen LogP) is 1.82. The molecule has 0 aromatic heterocycles. The molecule has 1 heterocycles. The van der Waals surface area contributed by atoms with Gasteiger partial charge in [-0.2, -0.15) is 4.31 Å². The molecule has 0 radical (unpaired) electrons. The van der Waals surface area contributed by atoms with Crippen molar-refractivity contribution < 1.29 is 26.8 Å². The van der Waals surface area contributed by atoms with Gasteiger partial charge in [0.15, 0.2) is 0 Å². The summed E-state index contributed by atoms with van der Waals surface area (Å²) in [5.41, 5.74) is 6.51. The number of nitrogens with two attached hydrogens (primary N) is 1. The molecular weight excluding hydrogens is 428 g/mol. The van der Waals surface area contributed by atoms with Crippen LogP contribution in [0.5, 0.6) is 0 Å². The molecule has 0 unspecified atom stereocenters. The van der Waals surface area contributed by atoms with E-state index in [0.717, 1.165) is 22.0 Å². The highest BCUT2D eigenvalue weighted by Crippen LogP contribution is 2.26. The van der Waals surface area contributed by atoms with E-state index in [1.807, 2.05) is 6.07 Å². The Labute approximate surface area is 179 Å². The SMILES string of the molecule is NC(=O)c1cccc(CCNC(=O)C2CCN(S(=O)(=O)c3cc(F)ccc3F)CC2)c1. The van der Waals surface area contributed by atoms with Crippen molar-refractivity contribution >= 4 is 21.8 Å². The summed E-state index contributed by atoms with van der Waals surface area (Å²) in [6, 6.07) is 9.13. The fourth-order valence-electron chi connectivity index (χ4n) is 3.53. The van der Waals surface area contributed by atoms with Crippen LogP contribution in [0.15, 0.2) is 47.4 Å². The van der Waals surface area contributed by atoms with Gasteiger partial charge in [-0.05, 0) is 55.2 Å². The lowest BCUT2D eigenvalue weighted by Crippen LogP contribution is -2.43. The molecule has 1 aliphatic heterocycles. The highest BCUT2D eigenvalue weighted by atomic mass is 32.2.